The van der Waals surface area contributed by atoms with Crippen molar-refractivity contribution in [1.29, 1.82) is 0 Å². The number of Topliss-reactive ketones (excluding diaryl/α,β-unsaturated/α-hetero) is 1. The molecular formula is C26H26ClN3O5. The van der Waals surface area contributed by atoms with Crippen LogP contribution in [0.25, 0.3) is 5.76 Å². The number of ether oxygens (including phenoxy) is 2. The molecule has 1 aliphatic rings. The smallest absolute Gasteiger partial charge is 0.295 e. The summed E-state index contributed by atoms with van der Waals surface area (Å²) in [7, 11) is 1.53. The lowest BCUT2D eigenvalue weighted by Crippen LogP contribution is -2.31. The quantitative estimate of drug-likeness (QED) is 0.268. The van der Waals surface area contributed by atoms with Gasteiger partial charge in [0.15, 0.2) is 11.5 Å². The van der Waals surface area contributed by atoms with Gasteiger partial charge in [-0.05, 0) is 55.3 Å². The molecule has 0 saturated carbocycles. The number of hydrogen-bond donors (Lipinski definition) is 1. The molecule has 35 heavy (non-hydrogen) atoms. The van der Waals surface area contributed by atoms with Crippen molar-refractivity contribution < 1.29 is 24.2 Å². The van der Waals surface area contributed by atoms with Crippen LogP contribution in [0.5, 0.6) is 11.5 Å². The summed E-state index contributed by atoms with van der Waals surface area (Å²) in [6.07, 6.45) is 5.81. The van der Waals surface area contributed by atoms with Crippen molar-refractivity contribution in [3.05, 3.63) is 82.9 Å². The highest BCUT2D eigenvalue weighted by atomic mass is 35.5. The first kappa shape index (κ1) is 24.3. The van der Waals surface area contributed by atoms with E-state index in [4.69, 9.17) is 21.1 Å². The van der Waals surface area contributed by atoms with Gasteiger partial charge in [-0.2, -0.15) is 0 Å². The van der Waals surface area contributed by atoms with Crippen LogP contribution < -0.4 is 9.47 Å². The molecule has 0 radical (unpaired) electrons. The Bertz CT molecular complexity index is 1240. The summed E-state index contributed by atoms with van der Waals surface area (Å²) in [6.45, 7) is 3.26. The van der Waals surface area contributed by atoms with Crippen molar-refractivity contribution in [2.24, 2.45) is 0 Å². The highest BCUT2D eigenvalue weighted by Crippen LogP contribution is 2.42. The number of aromatic nitrogens is 2. The number of aryl methyl sites for hydroxylation is 1. The molecule has 3 aromatic rings. The van der Waals surface area contributed by atoms with Gasteiger partial charge >= 0.3 is 0 Å². The fourth-order valence-electron chi connectivity index (χ4n) is 4.19. The predicted octanol–water partition coefficient (Wildman–Crippen LogP) is 4.46. The summed E-state index contributed by atoms with van der Waals surface area (Å²) < 4.78 is 13.0. The van der Waals surface area contributed by atoms with Crippen molar-refractivity contribution in [3.8, 4) is 11.5 Å². The predicted molar refractivity (Wildman–Crippen MR) is 131 cm³/mol. The number of halogens is 1. The van der Waals surface area contributed by atoms with E-state index in [0.717, 1.165) is 0 Å². The zero-order valence-corrected chi connectivity index (χ0v) is 20.2. The van der Waals surface area contributed by atoms with Gasteiger partial charge in [0, 0.05) is 36.1 Å². The van der Waals surface area contributed by atoms with Gasteiger partial charge in [0.2, 0.25) is 0 Å². The maximum Gasteiger partial charge on any atom is 0.295 e. The van der Waals surface area contributed by atoms with E-state index in [1.807, 2.05) is 17.7 Å². The van der Waals surface area contributed by atoms with Crippen LogP contribution >= 0.6 is 11.6 Å². The zero-order chi connectivity index (χ0) is 24.9. The number of likely N-dealkylation sites (tertiary alicyclic amines) is 1. The van der Waals surface area contributed by atoms with E-state index < -0.39 is 17.7 Å². The van der Waals surface area contributed by atoms with Gasteiger partial charge in [0.1, 0.15) is 5.76 Å². The number of nitrogens with zero attached hydrogens (tertiary/aromatic N) is 3. The molecule has 9 heteroatoms. The van der Waals surface area contributed by atoms with Gasteiger partial charge in [-0.15, -0.1) is 0 Å². The number of benzene rings is 2. The Hall–Kier alpha value is -3.78. The first-order chi connectivity index (χ1) is 16.9. The van der Waals surface area contributed by atoms with Crippen molar-refractivity contribution in [2.75, 3.05) is 20.3 Å². The number of aliphatic hydroxyl groups is 1. The van der Waals surface area contributed by atoms with Gasteiger partial charge in [-0.1, -0.05) is 17.7 Å². The molecule has 0 aliphatic carbocycles. The summed E-state index contributed by atoms with van der Waals surface area (Å²) in [5, 5.41) is 11.7. The summed E-state index contributed by atoms with van der Waals surface area (Å²) in [5.74, 6) is -0.634. The standard InChI is InChI=1S/C26H26ClN3O5/c1-3-35-20-10-7-18(15-21(20)34-2)23-22(24(31)17-5-8-19(27)9-6-17)25(32)26(33)30(23)13-4-12-29-14-11-28-16-29/h5-11,14-16,23,31H,3-4,12-13H2,1-2H3/b24-22+/t23-/m1/s1. The molecule has 1 saturated heterocycles. The van der Waals surface area contributed by atoms with Crippen LogP contribution in [-0.4, -0.2) is 51.5 Å². The van der Waals surface area contributed by atoms with Crippen LogP contribution in [0.3, 0.4) is 0 Å². The summed E-state index contributed by atoms with van der Waals surface area (Å²) in [6, 6.07) is 10.9. The minimum absolute atomic E-state index is 0.0196. The largest absolute Gasteiger partial charge is 0.507 e. The van der Waals surface area contributed by atoms with E-state index in [-0.39, 0.29) is 11.3 Å². The van der Waals surface area contributed by atoms with Crippen molar-refractivity contribution >= 4 is 29.1 Å². The highest BCUT2D eigenvalue weighted by Gasteiger charge is 2.46. The van der Waals surface area contributed by atoms with Gasteiger partial charge in [0.05, 0.1) is 31.7 Å². The summed E-state index contributed by atoms with van der Waals surface area (Å²) >= 11 is 5.99. The summed E-state index contributed by atoms with van der Waals surface area (Å²) in [5.41, 5.74) is 1.04. The fourth-order valence-corrected chi connectivity index (χ4v) is 4.32. The third kappa shape index (κ3) is 5.02. The maximum atomic E-state index is 13.2. The zero-order valence-electron chi connectivity index (χ0n) is 19.5. The minimum Gasteiger partial charge on any atom is -0.507 e. The Morgan fingerprint density at radius 3 is 2.54 bits per heavy atom. The molecule has 1 aliphatic heterocycles. The molecule has 1 N–H and O–H groups in total. The lowest BCUT2D eigenvalue weighted by atomic mass is 9.95. The molecule has 0 unspecified atom stereocenters. The van der Waals surface area contributed by atoms with Crippen LogP contribution in [0.15, 0.2) is 66.8 Å². The van der Waals surface area contributed by atoms with Crippen LogP contribution in [-0.2, 0) is 16.1 Å². The first-order valence-corrected chi connectivity index (χ1v) is 11.6. The first-order valence-electron chi connectivity index (χ1n) is 11.3. The van der Waals surface area contributed by atoms with E-state index in [2.05, 4.69) is 4.98 Å². The van der Waals surface area contributed by atoms with Crippen LogP contribution in [0, 0.1) is 0 Å². The minimum atomic E-state index is -0.793. The Balaban J connectivity index is 1.77. The molecule has 4 rings (SSSR count). The topological polar surface area (TPSA) is 93.9 Å². The number of carbonyl (C=O) groups is 2. The molecule has 8 nitrogen and oxygen atoms in total. The van der Waals surface area contributed by atoms with E-state index >= 15 is 0 Å². The lowest BCUT2D eigenvalue weighted by molar-refractivity contribution is -0.139. The molecule has 182 valence electrons. The summed E-state index contributed by atoms with van der Waals surface area (Å²) in [4.78, 5) is 31.9. The molecule has 0 spiro atoms. The van der Waals surface area contributed by atoms with E-state index in [9.17, 15) is 14.7 Å². The normalized spacial score (nSPS) is 17.1. The van der Waals surface area contributed by atoms with Crippen molar-refractivity contribution in [1.82, 2.24) is 14.5 Å². The number of rotatable bonds is 9. The molecule has 1 atom stereocenters. The van der Waals surface area contributed by atoms with Gasteiger partial charge in [-0.3, -0.25) is 9.59 Å². The third-order valence-corrected chi connectivity index (χ3v) is 6.09. The number of ketones is 1. The molecule has 1 amide bonds. The molecule has 2 heterocycles. The fraction of sp³-hybridized carbons (Fsp3) is 0.269. The van der Waals surface area contributed by atoms with E-state index in [1.54, 1.807) is 55.0 Å². The monoisotopic (exact) mass is 495 g/mol. The lowest BCUT2D eigenvalue weighted by Gasteiger charge is -2.26. The third-order valence-electron chi connectivity index (χ3n) is 5.84. The van der Waals surface area contributed by atoms with E-state index in [0.29, 0.717) is 53.8 Å². The molecule has 0 bridgehead atoms. The second kappa shape index (κ2) is 10.7. The average molecular weight is 496 g/mol. The molecule has 1 fully saturated rings. The number of hydrogen-bond acceptors (Lipinski definition) is 6. The average Bonchev–Trinajstić information content (AvgIpc) is 3.47. The Morgan fingerprint density at radius 2 is 1.89 bits per heavy atom. The number of amides is 1. The molecular weight excluding hydrogens is 470 g/mol. The molecule has 1 aromatic heterocycles. The number of carbonyl (C=O) groups excluding carboxylic acids is 2. The molecule has 2 aromatic carbocycles. The van der Waals surface area contributed by atoms with Crippen LogP contribution in [0.2, 0.25) is 5.02 Å². The highest BCUT2D eigenvalue weighted by molar-refractivity contribution is 6.46. The second-order valence-electron chi connectivity index (χ2n) is 8.00. The van der Waals surface area contributed by atoms with Crippen molar-refractivity contribution in [2.45, 2.75) is 25.9 Å². The Morgan fingerprint density at radius 1 is 1.11 bits per heavy atom. The van der Waals surface area contributed by atoms with Crippen molar-refractivity contribution in [3.63, 3.8) is 0 Å². The van der Waals surface area contributed by atoms with Gasteiger partial charge < -0.3 is 24.0 Å². The number of aliphatic hydroxyl groups excluding tert-OH is 1. The maximum absolute atomic E-state index is 13.2. The van der Waals surface area contributed by atoms with E-state index in [1.165, 1.54) is 12.0 Å². The number of methoxy groups -OCH3 is 1. The number of imidazole rings is 1. The van der Waals surface area contributed by atoms with Gasteiger partial charge in [0.25, 0.3) is 11.7 Å². The Kier molecular flexibility index (Phi) is 7.41. The van der Waals surface area contributed by atoms with Crippen LogP contribution in [0.4, 0.5) is 0 Å². The van der Waals surface area contributed by atoms with Crippen LogP contribution in [0.1, 0.15) is 30.5 Å². The second-order valence-corrected chi connectivity index (χ2v) is 8.43. The SMILES string of the molecule is CCOc1ccc([C@@H]2/C(=C(\O)c3ccc(Cl)cc3)C(=O)C(=O)N2CCCn2ccnc2)cc1OC. The Labute approximate surface area is 208 Å². The van der Waals surface area contributed by atoms with Gasteiger partial charge in [-0.25, -0.2) is 4.98 Å².